The molecule has 9 rings (SSSR count). The van der Waals surface area contributed by atoms with Crippen molar-refractivity contribution in [1.82, 2.24) is 0 Å². The summed E-state index contributed by atoms with van der Waals surface area (Å²) in [5, 5.41) is 3.98. The van der Waals surface area contributed by atoms with E-state index in [0.29, 0.717) is 0 Å². The Bertz CT molecular complexity index is 2380. The van der Waals surface area contributed by atoms with E-state index in [1.807, 2.05) is 0 Å². The second kappa shape index (κ2) is 14.8. The summed E-state index contributed by atoms with van der Waals surface area (Å²) in [7, 11) is 0. The lowest BCUT2D eigenvalue weighted by Crippen LogP contribution is -2.16. The SMILES string of the molecule is CCCCC1=C(c2ccc3c(c2C)-c2ccc(NC4=C(c5ccccc5)C=C(c5ccc(C6=C7C=CCCC7=CCC6)cc5)CC4)cc2C3(C)C)CCC=C1. The molecule has 1 nitrogen and oxygen atoms in total. The van der Waals surface area contributed by atoms with Crippen LogP contribution in [0.25, 0.3) is 33.4 Å². The van der Waals surface area contributed by atoms with E-state index in [1.165, 1.54) is 116 Å². The van der Waals surface area contributed by atoms with Crippen molar-refractivity contribution in [3.63, 3.8) is 0 Å². The summed E-state index contributed by atoms with van der Waals surface area (Å²) < 4.78 is 0. The van der Waals surface area contributed by atoms with Gasteiger partial charge in [-0.3, -0.25) is 0 Å². The Morgan fingerprint density at radius 1 is 0.636 bits per heavy atom. The summed E-state index contributed by atoms with van der Waals surface area (Å²) >= 11 is 0. The van der Waals surface area contributed by atoms with Crippen LogP contribution < -0.4 is 5.32 Å². The summed E-state index contributed by atoms with van der Waals surface area (Å²) in [6.45, 7) is 9.50. The number of benzene rings is 4. The van der Waals surface area contributed by atoms with Gasteiger partial charge >= 0.3 is 0 Å². The third kappa shape index (κ3) is 6.56. The number of fused-ring (bicyclic) bond motifs is 4. The minimum absolute atomic E-state index is 0.0699. The van der Waals surface area contributed by atoms with Gasteiger partial charge in [0.15, 0.2) is 0 Å². The molecule has 4 aromatic rings. The lowest BCUT2D eigenvalue weighted by molar-refractivity contribution is 0.660. The van der Waals surface area contributed by atoms with Crippen molar-refractivity contribution in [3.8, 4) is 11.1 Å². The second-order valence-electron chi connectivity index (χ2n) is 16.8. The van der Waals surface area contributed by atoms with Crippen molar-refractivity contribution in [2.45, 2.75) is 104 Å². The molecule has 55 heavy (non-hydrogen) atoms. The van der Waals surface area contributed by atoms with Gasteiger partial charge in [-0.15, -0.1) is 0 Å². The number of hydrogen-bond acceptors (Lipinski definition) is 1. The van der Waals surface area contributed by atoms with Crippen LogP contribution in [-0.4, -0.2) is 0 Å². The molecule has 1 N–H and O–H groups in total. The predicted molar refractivity (Wildman–Crippen MR) is 237 cm³/mol. The van der Waals surface area contributed by atoms with E-state index in [2.05, 4.69) is 154 Å². The van der Waals surface area contributed by atoms with Crippen molar-refractivity contribution >= 4 is 28.0 Å². The Hall–Kier alpha value is -5.14. The average Bonchev–Trinajstić information content (AvgIpc) is 3.46. The van der Waals surface area contributed by atoms with Crippen LogP contribution in [0.15, 0.2) is 144 Å². The van der Waals surface area contributed by atoms with Gasteiger partial charge in [-0.05, 0) is 173 Å². The van der Waals surface area contributed by atoms with E-state index in [-0.39, 0.29) is 5.41 Å². The smallest absolute Gasteiger partial charge is 0.0385 e. The van der Waals surface area contributed by atoms with E-state index >= 15 is 0 Å². The lowest BCUT2D eigenvalue weighted by atomic mass is 9.80. The lowest BCUT2D eigenvalue weighted by Gasteiger charge is -2.25. The Kier molecular flexibility index (Phi) is 9.59. The van der Waals surface area contributed by atoms with E-state index in [0.717, 1.165) is 38.5 Å². The van der Waals surface area contributed by atoms with Gasteiger partial charge in [-0.1, -0.05) is 130 Å². The third-order valence-electron chi connectivity index (χ3n) is 13.1. The average molecular weight is 718 g/mol. The number of rotatable bonds is 9. The molecule has 5 aliphatic rings. The molecule has 5 aliphatic carbocycles. The van der Waals surface area contributed by atoms with Gasteiger partial charge in [0, 0.05) is 22.4 Å². The standard InChI is InChI=1S/C54H55N/c1-5-6-15-38-18-10-12-21-45(38)44-31-32-50-53(36(44)2)48-30-29-43(35-51(48)54(50,3)4)55-52-33-28-42(34-49(52)40-16-8-7-9-17-40)37-24-26-41(27-25-37)47-23-14-20-39-19-11-13-22-46(39)47/h7-10,13,16-18,20,22,24-27,29-32,34-35,55H,5-6,11-12,14-15,19,21,23,28,33H2,1-4H3. The summed E-state index contributed by atoms with van der Waals surface area (Å²) in [6, 6.07) is 32.5. The van der Waals surface area contributed by atoms with Crippen molar-refractivity contribution in [2.24, 2.45) is 0 Å². The van der Waals surface area contributed by atoms with Gasteiger partial charge in [0.25, 0.3) is 0 Å². The van der Waals surface area contributed by atoms with Crippen LogP contribution in [0.1, 0.15) is 130 Å². The molecule has 0 aromatic heterocycles. The molecular weight excluding hydrogens is 663 g/mol. The van der Waals surface area contributed by atoms with Gasteiger partial charge in [-0.25, -0.2) is 0 Å². The first-order valence-corrected chi connectivity index (χ1v) is 21.0. The fraction of sp³-hybridized carbons (Fsp3) is 0.296. The molecule has 4 aromatic carbocycles. The highest BCUT2D eigenvalue weighted by molar-refractivity contribution is 5.91. The zero-order valence-electron chi connectivity index (χ0n) is 33.3. The number of anilines is 1. The fourth-order valence-electron chi connectivity index (χ4n) is 10.1. The van der Waals surface area contributed by atoms with E-state index < -0.39 is 0 Å². The largest absolute Gasteiger partial charge is 0.358 e. The summed E-state index contributed by atoms with van der Waals surface area (Å²) in [5.74, 6) is 0. The Balaban J connectivity index is 1.04. The highest BCUT2D eigenvalue weighted by atomic mass is 14.9. The maximum Gasteiger partial charge on any atom is 0.0385 e. The number of hydrogen-bond donors (Lipinski definition) is 1. The van der Waals surface area contributed by atoms with Crippen molar-refractivity contribution in [2.75, 3.05) is 5.32 Å². The molecule has 0 amide bonds. The molecule has 0 radical (unpaired) electrons. The Morgan fingerprint density at radius 2 is 1.40 bits per heavy atom. The van der Waals surface area contributed by atoms with E-state index in [4.69, 9.17) is 0 Å². The Morgan fingerprint density at radius 3 is 2.24 bits per heavy atom. The third-order valence-corrected chi connectivity index (χ3v) is 13.1. The van der Waals surface area contributed by atoms with Gasteiger partial charge in [0.1, 0.15) is 0 Å². The number of allylic oxidation sites excluding steroid dienone is 14. The van der Waals surface area contributed by atoms with Crippen LogP contribution in [0, 0.1) is 6.92 Å². The van der Waals surface area contributed by atoms with Gasteiger partial charge in [-0.2, -0.15) is 0 Å². The van der Waals surface area contributed by atoms with Crippen LogP contribution in [-0.2, 0) is 5.41 Å². The minimum atomic E-state index is -0.0699. The molecular formula is C54H55N. The van der Waals surface area contributed by atoms with Gasteiger partial charge < -0.3 is 5.32 Å². The Labute approximate surface area is 329 Å². The molecule has 0 spiro atoms. The fourth-order valence-corrected chi connectivity index (χ4v) is 10.1. The molecule has 0 atom stereocenters. The normalized spacial score (nSPS) is 18.5. The molecule has 0 saturated heterocycles. The molecule has 0 saturated carbocycles. The van der Waals surface area contributed by atoms with E-state index in [1.54, 1.807) is 16.7 Å². The molecule has 0 fully saturated rings. The van der Waals surface area contributed by atoms with Gasteiger partial charge in [0.2, 0.25) is 0 Å². The summed E-state index contributed by atoms with van der Waals surface area (Å²) in [6.07, 6.45) is 27.0. The first-order chi connectivity index (χ1) is 26.9. The highest BCUT2D eigenvalue weighted by Crippen LogP contribution is 2.52. The topological polar surface area (TPSA) is 12.0 Å². The zero-order valence-corrected chi connectivity index (χ0v) is 33.3. The molecule has 1 heteroatoms. The predicted octanol–water partition coefficient (Wildman–Crippen LogP) is 15.1. The summed E-state index contributed by atoms with van der Waals surface area (Å²) in [4.78, 5) is 0. The van der Waals surface area contributed by atoms with Gasteiger partial charge in [0.05, 0.1) is 0 Å². The second-order valence-corrected chi connectivity index (χ2v) is 16.8. The number of nitrogens with one attached hydrogen (secondary N) is 1. The van der Waals surface area contributed by atoms with E-state index in [9.17, 15) is 0 Å². The maximum atomic E-state index is 3.98. The molecule has 0 unspecified atom stereocenters. The van der Waals surface area contributed by atoms with Crippen molar-refractivity contribution in [3.05, 3.63) is 183 Å². The molecule has 0 bridgehead atoms. The first kappa shape index (κ1) is 35.6. The quantitative estimate of drug-likeness (QED) is 0.182. The van der Waals surface area contributed by atoms with Crippen LogP contribution in [0.4, 0.5) is 5.69 Å². The molecule has 0 heterocycles. The molecule has 276 valence electrons. The zero-order chi connectivity index (χ0) is 37.5. The number of unbranched alkanes of at least 4 members (excludes halogenated alkanes) is 1. The molecule has 0 aliphatic heterocycles. The van der Waals surface area contributed by atoms with Crippen LogP contribution >= 0.6 is 0 Å². The summed E-state index contributed by atoms with van der Waals surface area (Å²) in [5.41, 5.74) is 25.3. The van der Waals surface area contributed by atoms with Crippen LogP contribution in [0.5, 0.6) is 0 Å². The van der Waals surface area contributed by atoms with Crippen LogP contribution in [0.3, 0.4) is 0 Å². The minimum Gasteiger partial charge on any atom is -0.358 e. The van der Waals surface area contributed by atoms with Crippen LogP contribution in [0.2, 0.25) is 0 Å². The maximum absolute atomic E-state index is 3.98. The highest BCUT2D eigenvalue weighted by Gasteiger charge is 2.37. The van der Waals surface area contributed by atoms with Crippen molar-refractivity contribution < 1.29 is 0 Å². The van der Waals surface area contributed by atoms with Crippen molar-refractivity contribution in [1.29, 1.82) is 0 Å². The monoisotopic (exact) mass is 717 g/mol. The first-order valence-electron chi connectivity index (χ1n) is 21.0.